The van der Waals surface area contributed by atoms with E-state index in [-0.39, 0.29) is 5.91 Å². The standard InChI is InChI=1S/C15H15ClN2OS/c16-13-3-1-2-4-14(13)18-15(19)10-20-9-11-5-7-12(17)8-6-11/h1-8H,9-10,17H2,(H,18,19). The van der Waals surface area contributed by atoms with Crippen molar-refractivity contribution in [1.29, 1.82) is 0 Å². The van der Waals surface area contributed by atoms with E-state index in [1.54, 1.807) is 23.9 Å². The summed E-state index contributed by atoms with van der Waals surface area (Å²) in [6.45, 7) is 0. The number of amides is 1. The lowest BCUT2D eigenvalue weighted by atomic mass is 10.2. The van der Waals surface area contributed by atoms with Crippen LogP contribution in [0.5, 0.6) is 0 Å². The molecule has 104 valence electrons. The van der Waals surface area contributed by atoms with E-state index < -0.39 is 0 Å². The van der Waals surface area contributed by atoms with Crippen molar-refractivity contribution in [2.24, 2.45) is 0 Å². The molecule has 1 amide bonds. The van der Waals surface area contributed by atoms with E-state index in [1.807, 2.05) is 36.4 Å². The van der Waals surface area contributed by atoms with Crippen molar-refractivity contribution < 1.29 is 4.79 Å². The fourth-order valence-corrected chi connectivity index (χ4v) is 2.60. The van der Waals surface area contributed by atoms with Crippen LogP contribution in [0.1, 0.15) is 5.56 Å². The minimum Gasteiger partial charge on any atom is -0.399 e. The predicted octanol–water partition coefficient (Wildman–Crippen LogP) is 3.79. The van der Waals surface area contributed by atoms with Gasteiger partial charge in [-0.2, -0.15) is 0 Å². The Hall–Kier alpha value is -1.65. The van der Waals surface area contributed by atoms with Crippen molar-refractivity contribution in [3.05, 3.63) is 59.1 Å². The third-order valence-electron chi connectivity index (χ3n) is 2.63. The summed E-state index contributed by atoms with van der Waals surface area (Å²) in [6.07, 6.45) is 0. The molecule has 0 radical (unpaired) electrons. The van der Waals surface area contributed by atoms with Gasteiger partial charge in [0.1, 0.15) is 0 Å². The van der Waals surface area contributed by atoms with Gasteiger partial charge < -0.3 is 11.1 Å². The molecule has 2 aromatic rings. The number of nitrogens with two attached hydrogens (primary N) is 1. The molecule has 0 unspecified atom stereocenters. The maximum absolute atomic E-state index is 11.8. The van der Waals surface area contributed by atoms with Gasteiger partial charge in [0.25, 0.3) is 0 Å². The summed E-state index contributed by atoms with van der Waals surface area (Å²) in [4.78, 5) is 11.8. The number of carbonyl (C=O) groups excluding carboxylic acids is 1. The maximum Gasteiger partial charge on any atom is 0.234 e. The number of nitrogens with one attached hydrogen (secondary N) is 1. The summed E-state index contributed by atoms with van der Waals surface area (Å²) >= 11 is 7.53. The number of benzene rings is 2. The molecule has 0 bridgehead atoms. The van der Waals surface area contributed by atoms with E-state index in [2.05, 4.69) is 5.32 Å². The zero-order chi connectivity index (χ0) is 14.4. The molecule has 0 aromatic heterocycles. The SMILES string of the molecule is Nc1ccc(CSCC(=O)Nc2ccccc2Cl)cc1. The normalized spacial score (nSPS) is 10.2. The molecule has 0 aliphatic rings. The van der Waals surface area contributed by atoms with Gasteiger partial charge >= 0.3 is 0 Å². The van der Waals surface area contributed by atoms with E-state index in [1.165, 1.54) is 0 Å². The molecule has 0 heterocycles. The molecule has 0 fully saturated rings. The molecule has 5 heteroatoms. The third kappa shape index (κ3) is 4.47. The van der Waals surface area contributed by atoms with Crippen LogP contribution in [0.4, 0.5) is 11.4 Å². The predicted molar refractivity (Wildman–Crippen MR) is 87.1 cm³/mol. The number of para-hydroxylation sites is 1. The topological polar surface area (TPSA) is 55.1 Å². The van der Waals surface area contributed by atoms with E-state index in [0.29, 0.717) is 16.5 Å². The minimum absolute atomic E-state index is 0.0569. The molecule has 3 N–H and O–H groups in total. The first-order chi connectivity index (χ1) is 9.65. The second kappa shape index (κ2) is 7.22. The van der Waals surface area contributed by atoms with Crippen LogP contribution >= 0.6 is 23.4 Å². The van der Waals surface area contributed by atoms with E-state index in [0.717, 1.165) is 17.0 Å². The molecule has 3 nitrogen and oxygen atoms in total. The highest BCUT2D eigenvalue weighted by atomic mass is 35.5. The van der Waals surface area contributed by atoms with Crippen LogP contribution in [-0.4, -0.2) is 11.7 Å². The monoisotopic (exact) mass is 306 g/mol. The first kappa shape index (κ1) is 14.8. The lowest BCUT2D eigenvalue weighted by Crippen LogP contribution is -2.14. The van der Waals surface area contributed by atoms with Crippen LogP contribution in [-0.2, 0) is 10.5 Å². The average molecular weight is 307 g/mol. The van der Waals surface area contributed by atoms with Crippen molar-refractivity contribution in [3.8, 4) is 0 Å². The van der Waals surface area contributed by atoms with Crippen LogP contribution in [0.25, 0.3) is 0 Å². The summed E-state index contributed by atoms with van der Waals surface area (Å²) in [5.41, 5.74) is 8.16. The number of hydrogen-bond donors (Lipinski definition) is 2. The van der Waals surface area contributed by atoms with Crippen LogP contribution in [0, 0.1) is 0 Å². The molecule has 0 aliphatic heterocycles. The molecule has 0 aliphatic carbocycles. The lowest BCUT2D eigenvalue weighted by Gasteiger charge is -2.07. The van der Waals surface area contributed by atoms with Crippen LogP contribution in [0.15, 0.2) is 48.5 Å². The zero-order valence-corrected chi connectivity index (χ0v) is 12.4. The van der Waals surface area contributed by atoms with Gasteiger partial charge in [0.2, 0.25) is 5.91 Å². The van der Waals surface area contributed by atoms with Gasteiger partial charge in [-0.05, 0) is 29.8 Å². The Bertz CT molecular complexity index is 587. The highest BCUT2D eigenvalue weighted by Gasteiger charge is 2.05. The van der Waals surface area contributed by atoms with Gasteiger partial charge in [-0.25, -0.2) is 0 Å². The van der Waals surface area contributed by atoms with Crippen molar-refractivity contribution in [2.45, 2.75) is 5.75 Å². The number of carbonyl (C=O) groups is 1. The second-order valence-electron chi connectivity index (χ2n) is 4.26. The van der Waals surface area contributed by atoms with Crippen LogP contribution in [0.2, 0.25) is 5.02 Å². The number of anilines is 2. The fourth-order valence-electron chi connectivity index (χ4n) is 1.62. The molecular weight excluding hydrogens is 292 g/mol. The molecular formula is C15H15ClN2OS. The van der Waals surface area contributed by atoms with Crippen molar-refractivity contribution in [2.75, 3.05) is 16.8 Å². The summed E-state index contributed by atoms with van der Waals surface area (Å²) in [6, 6.07) is 14.8. The lowest BCUT2D eigenvalue weighted by molar-refractivity contribution is -0.113. The first-order valence-corrected chi connectivity index (χ1v) is 7.65. The van der Waals surface area contributed by atoms with Gasteiger partial charge in [0.15, 0.2) is 0 Å². The zero-order valence-electron chi connectivity index (χ0n) is 10.8. The average Bonchev–Trinajstić information content (AvgIpc) is 2.44. The summed E-state index contributed by atoms with van der Waals surface area (Å²) < 4.78 is 0. The Labute approximate surface area is 127 Å². The highest BCUT2D eigenvalue weighted by molar-refractivity contribution is 7.99. The van der Waals surface area contributed by atoms with Gasteiger partial charge in [-0.3, -0.25) is 4.79 Å². The van der Waals surface area contributed by atoms with Crippen molar-refractivity contribution in [1.82, 2.24) is 0 Å². The van der Waals surface area contributed by atoms with Gasteiger partial charge in [-0.1, -0.05) is 35.9 Å². The summed E-state index contributed by atoms with van der Waals surface area (Å²) in [5.74, 6) is 1.10. The van der Waals surface area contributed by atoms with E-state index in [4.69, 9.17) is 17.3 Å². The molecule has 0 atom stereocenters. The smallest absolute Gasteiger partial charge is 0.234 e. The fraction of sp³-hybridized carbons (Fsp3) is 0.133. The van der Waals surface area contributed by atoms with E-state index in [9.17, 15) is 4.79 Å². The number of hydrogen-bond acceptors (Lipinski definition) is 3. The Balaban J connectivity index is 1.78. The van der Waals surface area contributed by atoms with Gasteiger partial charge in [0, 0.05) is 11.4 Å². The number of halogens is 1. The number of thioether (sulfide) groups is 1. The second-order valence-corrected chi connectivity index (χ2v) is 5.66. The largest absolute Gasteiger partial charge is 0.399 e. The molecule has 0 saturated heterocycles. The summed E-state index contributed by atoms with van der Waals surface area (Å²) in [5, 5.41) is 3.34. The first-order valence-electron chi connectivity index (χ1n) is 6.11. The third-order valence-corrected chi connectivity index (χ3v) is 3.96. The molecule has 20 heavy (non-hydrogen) atoms. The molecule has 0 spiro atoms. The minimum atomic E-state index is -0.0569. The number of nitrogen functional groups attached to an aromatic ring is 1. The van der Waals surface area contributed by atoms with Crippen molar-refractivity contribution in [3.63, 3.8) is 0 Å². The van der Waals surface area contributed by atoms with Crippen LogP contribution < -0.4 is 11.1 Å². The maximum atomic E-state index is 11.8. The highest BCUT2D eigenvalue weighted by Crippen LogP contribution is 2.21. The number of rotatable bonds is 5. The molecule has 2 aromatic carbocycles. The molecule has 0 saturated carbocycles. The van der Waals surface area contributed by atoms with E-state index >= 15 is 0 Å². The Morgan fingerprint density at radius 3 is 2.55 bits per heavy atom. The molecule has 2 rings (SSSR count). The quantitative estimate of drug-likeness (QED) is 0.826. The Kier molecular flexibility index (Phi) is 5.32. The van der Waals surface area contributed by atoms with Gasteiger partial charge in [0.05, 0.1) is 16.5 Å². The van der Waals surface area contributed by atoms with Crippen molar-refractivity contribution >= 4 is 40.6 Å². The Morgan fingerprint density at radius 2 is 1.85 bits per heavy atom. The van der Waals surface area contributed by atoms with Crippen LogP contribution in [0.3, 0.4) is 0 Å². The Morgan fingerprint density at radius 1 is 1.15 bits per heavy atom. The van der Waals surface area contributed by atoms with Gasteiger partial charge in [-0.15, -0.1) is 11.8 Å². The summed E-state index contributed by atoms with van der Waals surface area (Å²) in [7, 11) is 0.